The number of hydrogen-bond acceptors (Lipinski definition) is 5. The molecule has 0 fully saturated rings. The Morgan fingerprint density at radius 3 is 2.34 bits per heavy atom. The highest BCUT2D eigenvalue weighted by atomic mass is 16.6. The van der Waals surface area contributed by atoms with E-state index >= 15 is 0 Å². The summed E-state index contributed by atoms with van der Waals surface area (Å²) in [4.78, 5) is 12.4. The van der Waals surface area contributed by atoms with Crippen LogP contribution in [-0.4, -0.2) is 60.8 Å². The maximum Gasteiger partial charge on any atom is 0.316 e. The molecule has 6 nitrogen and oxygen atoms in total. The topological polar surface area (TPSA) is 76.0 Å². The third-order valence-electron chi connectivity index (χ3n) is 4.94. The van der Waals surface area contributed by atoms with Crippen LogP contribution in [0.5, 0.6) is 0 Å². The van der Waals surface area contributed by atoms with E-state index in [4.69, 9.17) is 9.47 Å². The van der Waals surface area contributed by atoms with Gasteiger partial charge in [0.2, 0.25) is 0 Å². The molecule has 2 atom stereocenters. The van der Waals surface area contributed by atoms with Crippen LogP contribution in [0.2, 0.25) is 0 Å². The minimum absolute atomic E-state index is 0.117. The van der Waals surface area contributed by atoms with Gasteiger partial charge >= 0.3 is 5.97 Å². The van der Waals surface area contributed by atoms with Crippen LogP contribution in [0.25, 0.3) is 0 Å². The Morgan fingerprint density at radius 2 is 1.83 bits per heavy atom. The van der Waals surface area contributed by atoms with Gasteiger partial charge in [-0.3, -0.25) is 4.79 Å². The molecule has 164 valence electrons. The van der Waals surface area contributed by atoms with Crippen molar-refractivity contribution >= 4 is 5.97 Å². The summed E-state index contributed by atoms with van der Waals surface area (Å²) in [6, 6.07) is 8.04. The number of aliphatic hydroxyl groups excluding tert-OH is 2. The lowest BCUT2D eigenvalue weighted by atomic mass is 9.93. The van der Waals surface area contributed by atoms with Crippen LogP contribution in [-0.2, 0) is 27.4 Å². The molecule has 0 aromatic heterocycles. The van der Waals surface area contributed by atoms with E-state index in [1.54, 1.807) is 13.8 Å². The zero-order chi connectivity index (χ0) is 22.1. The Kier molecular flexibility index (Phi) is 10.00. The quantitative estimate of drug-likeness (QED) is 0.227. The number of nitrogens with zero attached hydrogens (tertiary/aromatic N) is 1. The van der Waals surface area contributed by atoms with Gasteiger partial charge < -0.3 is 24.2 Å². The van der Waals surface area contributed by atoms with Crippen LogP contribution in [0, 0.1) is 5.41 Å². The Balaban J connectivity index is 2.60. The Hall–Kier alpha value is -1.73. The van der Waals surface area contributed by atoms with Crippen LogP contribution in [0.15, 0.2) is 36.4 Å². The monoisotopic (exact) mass is 408 g/mol. The highest BCUT2D eigenvalue weighted by Gasteiger charge is 2.35. The molecule has 0 aliphatic heterocycles. The molecule has 0 amide bonds. The van der Waals surface area contributed by atoms with Crippen LogP contribution in [0.1, 0.15) is 44.7 Å². The first kappa shape index (κ1) is 25.3. The molecule has 0 spiro atoms. The summed E-state index contributed by atoms with van der Waals surface area (Å²) in [6.45, 7) is 10.5. The molecule has 1 aromatic rings. The van der Waals surface area contributed by atoms with E-state index in [-0.39, 0.29) is 13.2 Å². The van der Waals surface area contributed by atoms with Crippen molar-refractivity contribution in [3.8, 4) is 0 Å². The fourth-order valence-corrected chi connectivity index (χ4v) is 2.80. The molecule has 0 saturated heterocycles. The molecule has 0 heterocycles. The SMILES string of the molecule is C=C(C)C(O)OCC(C)(CO)C(=O)OCc1ccc(C[N+](C)(C)CCCC)cc1. The highest BCUT2D eigenvalue weighted by Crippen LogP contribution is 2.21. The van der Waals surface area contributed by atoms with E-state index in [0.717, 1.165) is 23.1 Å². The second-order valence-electron chi connectivity index (χ2n) is 8.79. The molecule has 6 heteroatoms. The van der Waals surface area contributed by atoms with E-state index in [0.29, 0.717) is 5.57 Å². The number of unbranched alkanes of at least 4 members (excludes halogenated alkanes) is 1. The normalized spacial score (nSPS) is 14.9. The van der Waals surface area contributed by atoms with E-state index in [1.165, 1.54) is 18.4 Å². The maximum atomic E-state index is 12.4. The van der Waals surface area contributed by atoms with Gasteiger partial charge in [0.05, 0.1) is 33.9 Å². The number of aliphatic hydroxyl groups is 2. The zero-order valence-corrected chi connectivity index (χ0v) is 18.6. The van der Waals surface area contributed by atoms with Gasteiger partial charge in [0.15, 0.2) is 6.29 Å². The average molecular weight is 409 g/mol. The molecule has 0 aliphatic carbocycles. The van der Waals surface area contributed by atoms with Gasteiger partial charge in [-0.1, -0.05) is 44.2 Å². The largest absolute Gasteiger partial charge is 0.460 e. The highest BCUT2D eigenvalue weighted by molar-refractivity contribution is 5.76. The summed E-state index contributed by atoms with van der Waals surface area (Å²) < 4.78 is 11.5. The van der Waals surface area contributed by atoms with Crippen molar-refractivity contribution in [3.05, 3.63) is 47.5 Å². The number of hydrogen-bond donors (Lipinski definition) is 2. The number of carbonyl (C=O) groups excluding carboxylic acids is 1. The average Bonchev–Trinajstić information content (AvgIpc) is 2.69. The lowest BCUT2D eigenvalue weighted by molar-refractivity contribution is -0.903. The van der Waals surface area contributed by atoms with Crippen LogP contribution < -0.4 is 0 Å². The molecule has 0 saturated carbocycles. The number of carbonyl (C=O) groups is 1. The van der Waals surface area contributed by atoms with E-state index in [1.807, 2.05) is 12.1 Å². The van der Waals surface area contributed by atoms with Crippen LogP contribution in [0.3, 0.4) is 0 Å². The summed E-state index contributed by atoms with van der Waals surface area (Å²) in [7, 11) is 4.46. The van der Waals surface area contributed by atoms with Gasteiger partial charge in [-0.25, -0.2) is 0 Å². The molecule has 2 N–H and O–H groups in total. The van der Waals surface area contributed by atoms with Crippen molar-refractivity contribution in [2.75, 3.05) is 33.9 Å². The molecule has 0 aliphatic rings. The second-order valence-corrected chi connectivity index (χ2v) is 8.79. The molecule has 1 rings (SSSR count). The number of rotatable bonds is 13. The first-order valence-electron chi connectivity index (χ1n) is 10.2. The first-order valence-corrected chi connectivity index (χ1v) is 10.2. The minimum Gasteiger partial charge on any atom is -0.460 e. The molecule has 1 aromatic carbocycles. The van der Waals surface area contributed by atoms with Gasteiger partial charge in [0.25, 0.3) is 0 Å². The van der Waals surface area contributed by atoms with Crippen molar-refractivity contribution in [2.24, 2.45) is 5.41 Å². The van der Waals surface area contributed by atoms with Gasteiger partial charge in [-0.15, -0.1) is 0 Å². The smallest absolute Gasteiger partial charge is 0.316 e. The number of esters is 1. The Morgan fingerprint density at radius 1 is 1.24 bits per heavy atom. The number of quaternary nitrogens is 1. The standard InChI is InChI=1S/C23H38NO5/c1-7-8-13-24(5,6)14-19-9-11-20(12-10-19)15-28-22(27)23(4,16-25)17-29-21(26)18(2)3/h9-12,21,25-26H,2,7-8,13-17H2,1,3-6H3/q+1. The van der Waals surface area contributed by atoms with Gasteiger partial charge in [-0.05, 0) is 31.4 Å². The molecule has 2 unspecified atom stereocenters. The molecule has 29 heavy (non-hydrogen) atoms. The van der Waals surface area contributed by atoms with Crippen molar-refractivity contribution in [1.29, 1.82) is 0 Å². The predicted octanol–water partition coefficient (Wildman–Crippen LogP) is 3.02. The van der Waals surface area contributed by atoms with Crippen LogP contribution in [0.4, 0.5) is 0 Å². The van der Waals surface area contributed by atoms with E-state index < -0.39 is 24.3 Å². The van der Waals surface area contributed by atoms with E-state index in [9.17, 15) is 15.0 Å². The molecular formula is C23H38NO5+. The first-order chi connectivity index (χ1) is 13.5. The third-order valence-corrected chi connectivity index (χ3v) is 4.94. The summed E-state index contributed by atoms with van der Waals surface area (Å²) in [5.74, 6) is -0.574. The number of benzene rings is 1. The van der Waals surface area contributed by atoms with Crippen molar-refractivity contribution in [3.63, 3.8) is 0 Å². The predicted molar refractivity (Wildman–Crippen MR) is 114 cm³/mol. The minimum atomic E-state index is -1.25. The van der Waals surface area contributed by atoms with Crippen molar-refractivity contribution < 1.29 is 29.0 Å². The van der Waals surface area contributed by atoms with Gasteiger partial charge in [-0.2, -0.15) is 0 Å². The van der Waals surface area contributed by atoms with Crippen molar-refractivity contribution in [2.45, 2.75) is 53.1 Å². The third kappa shape index (κ3) is 8.66. The maximum absolute atomic E-state index is 12.4. The Bertz CT molecular complexity index is 656. The molecule has 0 bridgehead atoms. The lowest BCUT2D eigenvalue weighted by Gasteiger charge is -2.30. The molecular weight excluding hydrogens is 370 g/mol. The zero-order valence-electron chi connectivity index (χ0n) is 18.6. The summed E-state index contributed by atoms with van der Waals surface area (Å²) in [5.41, 5.74) is 1.29. The fourth-order valence-electron chi connectivity index (χ4n) is 2.80. The van der Waals surface area contributed by atoms with Crippen molar-refractivity contribution in [1.82, 2.24) is 0 Å². The fraction of sp³-hybridized carbons (Fsp3) is 0.609. The summed E-state index contributed by atoms with van der Waals surface area (Å²) >= 11 is 0. The molecule has 0 radical (unpaired) electrons. The van der Waals surface area contributed by atoms with Gasteiger partial charge in [0, 0.05) is 5.56 Å². The lowest BCUT2D eigenvalue weighted by Crippen LogP contribution is -2.39. The second kappa shape index (κ2) is 11.5. The summed E-state index contributed by atoms with van der Waals surface area (Å²) in [6.07, 6.45) is 1.22. The van der Waals surface area contributed by atoms with Crippen LogP contribution >= 0.6 is 0 Å². The number of ether oxygens (including phenoxy) is 2. The Labute approximate surface area is 175 Å². The van der Waals surface area contributed by atoms with Gasteiger partial charge in [0.1, 0.15) is 18.6 Å². The summed E-state index contributed by atoms with van der Waals surface area (Å²) in [5, 5.41) is 19.3. The van der Waals surface area contributed by atoms with E-state index in [2.05, 4.69) is 39.7 Å².